The van der Waals surface area contributed by atoms with Crippen molar-refractivity contribution in [3.8, 4) is 0 Å². The quantitative estimate of drug-likeness (QED) is 0.732. The van der Waals surface area contributed by atoms with Gasteiger partial charge in [0.1, 0.15) is 0 Å². The molecule has 2 N–H and O–H groups in total. The van der Waals surface area contributed by atoms with Crippen LogP contribution in [-0.4, -0.2) is 24.5 Å². The standard InChI is InChI=1S/C15H24N2/c1-4-10-17(5-2)12-14-6-8-15(9-7-14)13(3)11-16/h4,6-9,13H,1,5,10-12,16H2,2-3H3. The lowest BCUT2D eigenvalue weighted by molar-refractivity contribution is 0.311. The van der Waals surface area contributed by atoms with Crippen LogP contribution in [0, 0.1) is 0 Å². The van der Waals surface area contributed by atoms with Crippen LogP contribution in [0.3, 0.4) is 0 Å². The molecule has 0 aromatic heterocycles. The molecule has 94 valence electrons. The number of hydrogen-bond acceptors (Lipinski definition) is 2. The number of nitrogens with two attached hydrogens (primary N) is 1. The zero-order valence-corrected chi connectivity index (χ0v) is 11.0. The van der Waals surface area contributed by atoms with E-state index in [0.29, 0.717) is 12.5 Å². The molecule has 0 saturated heterocycles. The van der Waals surface area contributed by atoms with Gasteiger partial charge in [-0.15, -0.1) is 6.58 Å². The Kier molecular flexibility index (Phi) is 5.95. The van der Waals surface area contributed by atoms with Crippen LogP contribution in [0.4, 0.5) is 0 Å². The lowest BCUT2D eigenvalue weighted by Crippen LogP contribution is -2.22. The summed E-state index contributed by atoms with van der Waals surface area (Å²) in [6.07, 6.45) is 1.95. The first kappa shape index (κ1) is 13.9. The molecule has 0 saturated carbocycles. The maximum Gasteiger partial charge on any atom is 0.0236 e. The van der Waals surface area contributed by atoms with Crippen LogP contribution in [0.15, 0.2) is 36.9 Å². The van der Waals surface area contributed by atoms with Crippen molar-refractivity contribution in [3.63, 3.8) is 0 Å². The Morgan fingerprint density at radius 1 is 1.35 bits per heavy atom. The Morgan fingerprint density at radius 3 is 2.47 bits per heavy atom. The highest BCUT2D eigenvalue weighted by molar-refractivity contribution is 5.25. The number of rotatable bonds is 7. The minimum absolute atomic E-state index is 0.444. The Balaban J connectivity index is 2.64. The van der Waals surface area contributed by atoms with Crippen LogP contribution in [0.1, 0.15) is 30.9 Å². The Morgan fingerprint density at radius 2 is 2.00 bits per heavy atom. The number of hydrogen-bond donors (Lipinski definition) is 1. The van der Waals surface area contributed by atoms with E-state index in [1.54, 1.807) is 0 Å². The van der Waals surface area contributed by atoms with Crippen molar-refractivity contribution in [2.24, 2.45) is 5.73 Å². The van der Waals surface area contributed by atoms with Crippen molar-refractivity contribution in [3.05, 3.63) is 48.0 Å². The Labute approximate surface area is 105 Å². The summed E-state index contributed by atoms with van der Waals surface area (Å²) in [6.45, 7) is 11.8. The molecule has 0 aliphatic heterocycles. The maximum atomic E-state index is 5.66. The molecule has 1 aromatic rings. The van der Waals surface area contributed by atoms with Gasteiger partial charge in [0.25, 0.3) is 0 Å². The van der Waals surface area contributed by atoms with Gasteiger partial charge >= 0.3 is 0 Å². The smallest absolute Gasteiger partial charge is 0.0236 e. The summed E-state index contributed by atoms with van der Waals surface area (Å²) in [5, 5.41) is 0. The van der Waals surface area contributed by atoms with Gasteiger partial charge in [-0.25, -0.2) is 0 Å². The van der Waals surface area contributed by atoms with Crippen LogP contribution in [0.5, 0.6) is 0 Å². The van der Waals surface area contributed by atoms with Crippen molar-refractivity contribution < 1.29 is 0 Å². The SMILES string of the molecule is C=CCN(CC)Cc1ccc(C(C)CN)cc1. The molecule has 2 heteroatoms. The van der Waals surface area contributed by atoms with Crippen LogP contribution >= 0.6 is 0 Å². The second-order valence-electron chi connectivity index (χ2n) is 4.49. The topological polar surface area (TPSA) is 29.3 Å². The largest absolute Gasteiger partial charge is 0.330 e. The summed E-state index contributed by atoms with van der Waals surface area (Å²) in [4.78, 5) is 2.36. The zero-order valence-electron chi connectivity index (χ0n) is 11.0. The fraction of sp³-hybridized carbons (Fsp3) is 0.467. The van der Waals surface area contributed by atoms with Crippen LogP contribution in [0.25, 0.3) is 0 Å². The van der Waals surface area contributed by atoms with Gasteiger partial charge in [0, 0.05) is 13.1 Å². The van der Waals surface area contributed by atoms with Crippen molar-refractivity contribution in [2.75, 3.05) is 19.6 Å². The van der Waals surface area contributed by atoms with Crippen molar-refractivity contribution in [1.82, 2.24) is 4.90 Å². The summed E-state index contributed by atoms with van der Waals surface area (Å²) in [5.41, 5.74) is 8.34. The lowest BCUT2D eigenvalue weighted by atomic mass is 10.00. The van der Waals surface area contributed by atoms with Gasteiger partial charge in [-0.05, 0) is 30.1 Å². The molecule has 0 aliphatic carbocycles. The van der Waals surface area contributed by atoms with Gasteiger partial charge < -0.3 is 5.73 Å². The van der Waals surface area contributed by atoms with E-state index in [-0.39, 0.29) is 0 Å². The molecule has 1 atom stereocenters. The molecule has 0 bridgehead atoms. The van der Waals surface area contributed by atoms with Gasteiger partial charge in [0.15, 0.2) is 0 Å². The molecule has 1 unspecified atom stereocenters. The van der Waals surface area contributed by atoms with Crippen LogP contribution < -0.4 is 5.73 Å². The minimum Gasteiger partial charge on any atom is -0.330 e. The number of likely N-dealkylation sites (N-methyl/N-ethyl adjacent to an activating group) is 1. The maximum absolute atomic E-state index is 5.66. The van der Waals surface area contributed by atoms with E-state index in [2.05, 4.69) is 49.6 Å². The van der Waals surface area contributed by atoms with Crippen LogP contribution in [0.2, 0.25) is 0 Å². The molecule has 0 radical (unpaired) electrons. The van der Waals surface area contributed by atoms with Crippen molar-refractivity contribution in [1.29, 1.82) is 0 Å². The third kappa shape index (κ3) is 4.33. The fourth-order valence-corrected chi connectivity index (χ4v) is 1.83. The van der Waals surface area contributed by atoms with Gasteiger partial charge in [-0.1, -0.05) is 44.2 Å². The van der Waals surface area contributed by atoms with Crippen LogP contribution in [-0.2, 0) is 6.54 Å². The Bertz CT molecular complexity index is 329. The first-order valence-electron chi connectivity index (χ1n) is 6.33. The fourth-order valence-electron chi connectivity index (χ4n) is 1.83. The van der Waals surface area contributed by atoms with Gasteiger partial charge in [-0.3, -0.25) is 4.90 Å². The third-order valence-corrected chi connectivity index (χ3v) is 3.14. The zero-order chi connectivity index (χ0) is 12.7. The predicted molar refractivity (Wildman–Crippen MR) is 75.1 cm³/mol. The van der Waals surface area contributed by atoms with Crippen molar-refractivity contribution in [2.45, 2.75) is 26.3 Å². The molecule has 0 aliphatic rings. The average molecular weight is 232 g/mol. The molecular weight excluding hydrogens is 208 g/mol. The van der Waals surface area contributed by atoms with E-state index in [1.165, 1.54) is 11.1 Å². The van der Waals surface area contributed by atoms with E-state index < -0.39 is 0 Å². The first-order valence-corrected chi connectivity index (χ1v) is 6.33. The minimum atomic E-state index is 0.444. The monoisotopic (exact) mass is 232 g/mol. The number of benzene rings is 1. The molecule has 1 rings (SSSR count). The van der Waals surface area contributed by atoms with Gasteiger partial charge in [-0.2, -0.15) is 0 Å². The molecular formula is C15H24N2. The van der Waals surface area contributed by atoms with E-state index in [4.69, 9.17) is 5.73 Å². The summed E-state index contributed by atoms with van der Waals surface area (Å²) in [6, 6.07) is 8.78. The highest BCUT2D eigenvalue weighted by Crippen LogP contribution is 2.15. The van der Waals surface area contributed by atoms with Crippen molar-refractivity contribution >= 4 is 0 Å². The molecule has 0 spiro atoms. The lowest BCUT2D eigenvalue weighted by Gasteiger charge is -2.18. The molecule has 0 fully saturated rings. The van der Waals surface area contributed by atoms with Gasteiger partial charge in [0.2, 0.25) is 0 Å². The molecule has 17 heavy (non-hydrogen) atoms. The highest BCUT2D eigenvalue weighted by atomic mass is 15.1. The normalized spacial score (nSPS) is 12.7. The summed E-state index contributed by atoms with van der Waals surface area (Å²) >= 11 is 0. The Hall–Kier alpha value is -1.12. The van der Waals surface area contributed by atoms with E-state index in [0.717, 1.165) is 19.6 Å². The van der Waals surface area contributed by atoms with E-state index in [1.807, 2.05) is 6.08 Å². The molecule has 0 amide bonds. The van der Waals surface area contributed by atoms with E-state index >= 15 is 0 Å². The second-order valence-corrected chi connectivity index (χ2v) is 4.49. The predicted octanol–water partition coefficient (Wildman–Crippen LogP) is 2.76. The highest BCUT2D eigenvalue weighted by Gasteiger charge is 2.04. The molecule has 1 aromatic carbocycles. The first-order chi connectivity index (χ1) is 8.21. The third-order valence-electron chi connectivity index (χ3n) is 3.14. The summed E-state index contributed by atoms with van der Waals surface area (Å²) in [7, 11) is 0. The summed E-state index contributed by atoms with van der Waals surface area (Å²) < 4.78 is 0. The second kappa shape index (κ2) is 7.25. The average Bonchev–Trinajstić information content (AvgIpc) is 2.38. The molecule has 2 nitrogen and oxygen atoms in total. The van der Waals surface area contributed by atoms with Gasteiger partial charge in [0.05, 0.1) is 0 Å². The number of nitrogens with zero attached hydrogens (tertiary/aromatic N) is 1. The van der Waals surface area contributed by atoms with E-state index in [9.17, 15) is 0 Å². The summed E-state index contributed by atoms with van der Waals surface area (Å²) in [5.74, 6) is 0.444. The molecule has 0 heterocycles.